The first-order valence-corrected chi connectivity index (χ1v) is 5.93. The molecule has 90 valence electrons. The van der Waals surface area contributed by atoms with Gasteiger partial charge in [-0.15, -0.1) is 6.58 Å². The average molecular weight is 224 g/mol. The van der Waals surface area contributed by atoms with Crippen molar-refractivity contribution in [3.05, 3.63) is 12.7 Å². The summed E-state index contributed by atoms with van der Waals surface area (Å²) in [5.74, 6) is -1.09. The van der Waals surface area contributed by atoms with Crippen LogP contribution < -0.4 is 10.6 Å². The molecule has 1 aliphatic rings. The highest BCUT2D eigenvalue weighted by atomic mass is 16.2. The molecule has 0 aromatic heterocycles. The lowest BCUT2D eigenvalue weighted by Crippen LogP contribution is -2.44. The molecule has 2 amide bonds. The van der Waals surface area contributed by atoms with E-state index in [4.69, 9.17) is 0 Å². The minimum atomic E-state index is -0.566. The summed E-state index contributed by atoms with van der Waals surface area (Å²) in [4.78, 5) is 22.8. The Balaban J connectivity index is 2.31. The number of carbonyl (C=O) groups excluding carboxylic acids is 2. The van der Waals surface area contributed by atoms with Crippen molar-refractivity contribution in [2.75, 3.05) is 6.54 Å². The van der Waals surface area contributed by atoms with Gasteiger partial charge in [0.1, 0.15) is 0 Å². The molecule has 1 rings (SSSR count). The van der Waals surface area contributed by atoms with E-state index in [0.717, 1.165) is 25.7 Å². The standard InChI is InChI=1S/C12H20N2O2/c1-2-9-13-11(15)12(16)14-10-7-5-3-4-6-8-10/h2,10H,1,3-9H2,(H,13,15)(H,14,16). The Bertz CT molecular complexity index is 256. The lowest BCUT2D eigenvalue weighted by Gasteiger charge is -2.15. The Morgan fingerprint density at radius 2 is 1.75 bits per heavy atom. The van der Waals surface area contributed by atoms with Crippen LogP contribution >= 0.6 is 0 Å². The van der Waals surface area contributed by atoms with Crippen LogP contribution in [0, 0.1) is 0 Å². The molecule has 0 spiro atoms. The fraction of sp³-hybridized carbons (Fsp3) is 0.667. The molecule has 4 nitrogen and oxygen atoms in total. The first-order chi connectivity index (χ1) is 7.74. The summed E-state index contributed by atoms with van der Waals surface area (Å²) >= 11 is 0. The van der Waals surface area contributed by atoms with E-state index >= 15 is 0 Å². The van der Waals surface area contributed by atoms with Gasteiger partial charge in [-0.2, -0.15) is 0 Å². The fourth-order valence-corrected chi connectivity index (χ4v) is 1.92. The Hall–Kier alpha value is -1.32. The van der Waals surface area contributed by atoms with Gasteiger partial charge in [0.15, 0.2) is 0 Å². The molecule has 0 unspecified atom stereocenters. The van der Waals surface area contributed by atoms with Crippen molar-refractivity contribution in [2.45, 2.75) is 44.6 Å². The van der Waals surface area contributed by atoms with Crippen molar-refractivity contribution in [1.82, 2.24) is 10.6 Å². The second-order valence-corrected chi connectivity index (χ2v) is 4.16. The Morgan fingerprint density at radius 1 is 1.12 bits per heavy atom. The highest BCUT2D eigenvalue weighted by Gasteiger charge is 2.18. The molecule has 0 heterocycles. The van der Waals surface area contributed by atoms with Crippen molar-refractivity contribution in [2.24, 2.45) is 0 Å². The van der Waals surface area contributed by atoms with Gasteiger partial charge in [-0.25, -0.2) is 0 Å². The topological polar surface area (TPSA) is 58.2 Å². The molecule has 0 radical (unpaired) electrons. The van der Waals surface area contributed by atoms with Gasteiger partial charge in [0, 0.05) is 12.6 Å². The Morgan fingerprint density at radius 3 is 2.31 bits per heavy atom. The second kappa shape index (κ2) is 7.04. The second-order valence-electron chi connectivity index (χ2n) is 4.16. The number of rotatable bonds is 3. The largest absolute Gasteiger partial charge is 0.345 e. The zero-order valence-corrected chi connectivity index (χ0v) is 9.63. The third-order valence-corrected chi connectivity index (χ3v) is 2.80. The summed E-state index contributed by atoms with van der Waals surface area (Å²) < 4.78 is 0. The first kappa shape index (κ1) is 12.7. The Kier molecular flexibility index (Phi) is 5.61. The zero-order chi connectivity index (χ0) is 11.8. The number of carbonyl (C=O) groups is 2. The van der Waals surface area contributed by atoms with Crippen molar-refractivity contribution in [3.63, 3.8) is 0 Å². The molecule has 1 saturated carbocycles. The number of nitrogens with one attached hydrogen (secondary N) is 2. The zero-order valence-electron chi connectivity index (χ0n) is 9.63. The van der Waals surface area contributed by atoms with Crippen LogP contribution in [0.1, 0.15) is 38.5 Å². The maximum atomic E-state index is 11.5. The number of hydrogen-bond donors (Lipinski definition) is 2. The van der Waals surface area contributed by atoms with Gasteiger partial charge in [-0.1, -0.05) is 31.8 Å². The highest BCUT2D eigenvalue weighted by Crippen LogP contribution is 2.16. The molecule has 1 fully saturated rings. The predicted octanol–water partition coefficient (Wildman–Crippen LogP) is 1.13. The van der Waals surface area contributed by atoms with Crippen molar-refractivity contribution >= 4 is 11.8 Å². The molecule has 1 aliphatic carbocycles. The fourth-order valence-electron chi connectivity index (χ4n) is 1.92. The number of amides is 2. The van der Waals surface area contributed by atoms with Crippen LogP contribution in [0.25, 0.3) is 0 Å². The minimum Gasteiger partial charge on any atom is -0.345 e. The maximum absolute atomic E-state index is 11.5. The van der Waals surface area contributed by atoms with Gasteiger partial charge in [0.05, 0.1) is 0 Å². The van der Waals surface area contributed by atoms with Crippen LogP contribution in [-0.4, -0.2) is 24.4 Å². The van der Waals surface area contributed by atoms with E-state index < -0.39 is 11.8 Å². The molecule has 2 N–H and O–H groups in total. The van der Waals surface area contributed by atoms with E-state index in [-0.39, 0.29) is 6.04 Å². The number of hydrogen-bond acceptors (Lipinski definition) is 2. The average Bonchev–Trinajstić information content (AvgIpc) is 2.54. The van der Waals surface area contributed by atoms with Gasteiger partial charge >= 0.3 is 11.8 Å². The van der Waals surface area contributed by atoms with Gasteiger partial charge in [0.2, 0.25) is 0 Å². The monoisotopic (exact) mass is 224 g/mol. The smallest absolute Gasteiger partial charge is 0.309 e. The van der Waals surface area contributed by atoms with Crippen LogP contribution in [0.5, 0.6) is 0 Å². The molecule has 0 aromatic rings. The van der Waals surface area contributed by atoms with Crippen molar-refractivity contribution in [1.29, 1.82) is 0 Å². The molecular weight excluding hydrogens is 204 g/mol. The first-order valence-electron chi connectivity index (χ1n) is 5.93. The molecule has 0 bridgehead atoms. The SMILES string of the molecule is C=CCNC(=O)C(=O)NC1CCCCCC1. The summed E-state index contributed by atoms with van der Waals surface area (Å²) in [6.07, 6.45) is 8.26. The lowest BCUT2D eigenvalue weighted by molar-refractivity contribution is -0.139. The molecule has 0 saturated heterocycles. The van der Waals surface area contributed by atoms with E-state index in [1.165, 1.54) is 12.8 Å². The van der Waals surface area contributed by atoms with E-state index in [1.807, 2.05) is 0 Å². The van der Waals surface area contributed by atoms with Gasteiger partial charge in [-0.3, -0.25) is 9.59 Å². The molecule has 4 heteroatoms. The van der Waals surface area contributed by atoms with Crippen LogP contribution in [-0.2, 0) is 9.59 Å². The van der Waals surface area contributed by atoms with Gasteiger partial charge < -0.3 is 10.6 Å². The quantitative estimate of drug-likeness (QED) is 0.429. The van der Waals surface area contributed by atoms with Crippen molar-refractivity contribution in [3.8, 4) is 0 Å². The maximum Gasteiger partial charge on any atom is 0.309 e. The summed E-state index contributed by atoms with van der Waals surface area (Å²) in [5, 5.41) is 5.25. The molecular formula is C12H20N2O2. The van der Waals surface area contributed by atoms with Crippen LogP contribution in [0.3, 0.4) is 0 Å². The van der Waals surface area contributed by atoms with Crippen molar-refractivity contribution < 1.29 is 9.59 Å². The lowest BCUT2D eigenvalue weighted by atomic mass is 10.1. The van der Waals surface area contributed by atoms with Gasteiger partial charge in [0.25, 0.3) is 0 Å². The summed E-state index contributed by atoms with van der Waals surface area (Å²) in [6, 6.07) is 0.171. The van der Waals surface area contributed by atoms with Crippen LogP contribution in [0.15, 0.2) is 12.7 Å². The van der Waals surface area contributed by atoms with Crippen LogP contribution in [0.2, 0.25) is 0 Å². The molecule has 0 atom stereocenters. The molecule has 0 aromatic carbocycles. The highest BCUT2D eigenvalue weighted by molar-refractivity contribution is 6.35. The predicted molar refractivity (Wildman–Crippen MR) is 62.8 cm³/mol. The molecule has 0 aliphatic heterocycles. The summed E-state index contributed by atoms with van der Waals surface area (Å²) in [6.45, 7) is 3.80. The van der Waals surface area contributed by atoms with Crippen LogP contribution in [0.4, 0.5) is 0 Å². The third kappa shape index (κ3) is 4.47. The summed E-state index contributed by atoms with van der Waals surface area (Å²) in [5.41, 5.74) is 0. The van der Waals surface area contributed by atoms with E-state index in [2.05, 4.69) is 17.2 Å². The van der Waals surface area contributed by atoms with Gasteiger partial charge in [-0.05, 0) is 12.8 Å². The van der Waals surface area contributed by atoms with E-state index in [9.17, 15) is 9.59 Å². The summed E-state index contributed by atoms with van der Waals surface area (Å²) in [7, 11) is 0. The van der Waals surface area contributed by atoms with E-state index in [0.29, 0.717) is 6.54 Å². The van der Waals surface area contributed by atoms with E-state index in [1.54, 1.807) is 6.08 Å². The normalized spacial score (nSPS) is 17.2. The minimum absolute atomic E-state index is 0.171. The molecule has 16 heavy (non-hydrogen) atoms. The third-order valence-electron chi connectivity index (χ3n) is 2.80. The Labute approximate surface area is 96.5 Å².